The third-order valence-electron chi connectivity index (χ3n) is 4.74. The molecule has 172 valence electrons. The monoisotopic (exact) mass is 495 g/mol. The Morgan fingerprint density at radius 3 is 2.19 bits per heavy atom. The number of hydrogen-bond donors (Lipinski definition) is 1. The summed E-state index contributed by atoms with van der Waals surface area (Å²) >= 11 is 12.5. The van der Waals surface area contributed by atoms with E-state index in [2.05, 4.69) is 17.4 Å². The minimum atomic E-state index is 0. The first-order chi connectivity index (χ1) is 15.1. The number of rotatable bonds is 11. The van der Waals surface area contributed by atoms with Crippen LogP contribution in [-0.4, -0.2) is 20.3 Å². The molecule has 0 saturated heterocycles. The maximum atomic E-state index is 6.53. The summed E-state index contributed by atoms with van der Waals surface area (Å²) < 4.78 is 17.0. The van der Waals surface area contributed by atoms with Gasteiger partial charge >= 0.3 is 0 Å². The SMILES string of the molecule is CCOc1cc(CNCCc2ccc(OC)cc2)cc(Cl)c1OCc1ccc(Cl)cc1.Cl. The number of halogens is 3. The summed E-state index contributed by atoms with van der Waals surface area (Å²) in [6, 6.07) is 19.6. The molecule has 0 unspecified atom stereocenters. The first-order valence-electron chi connectivity index (χ1n) is 10.2. The molecule has 0 aromatic heterocycles. The van der Waals surface area contributed by atoms with Gasteiger partial charge in [0.2, 0.25) is 0 Å². The van der Waals surface area contributed by atoms with Crippen molar-refractivity contribution in [1.82, 2.24) is 5.32 Å². The lowest BCUT2D eigenvalue weighted by Gasteiger charge is -2.16. The average Bonchev–Trinajstić information content (AvgIpc) is 2.78. The molecular weight excluding hydrogens is 469 g/mol. The summed E-state index contributed by atoms with van der Waals surface area (Å²) in [5.41, 5.74) is 3.31. The molecule has 0 bridgehead atoms. The fourth-order valence-electron chi connectivity index (χ4n) is 3.12. The predicted octanol–water partition coefficient (Wildman–Crippen LogP) is 6.73. The Hall–Kier alpha value is -2.11. The highest BCUT2D eigenvalue weighted by molar-refractivity contribution is 6.32. The molecule has 0 aliphatic heterocycles. The summed E-state index contributed by atoms with van der Waals surface area (Å²) in [5, 5.41) is 4.69. The van der Waals surface area contributed by atoms with Crippen molar-refractivity contribution >= 4 is 35.6 Å². The van der Waals surface area contributed by atoms with Crippen LogP contribution in [-0.2, 0) is 19.6 Å². The molecule has 3 aromatic carbocycles. The molecule has 0 radical (unpaired) electrons. The van der Waals surface area contributed by atoms with E-state index in [-0.39, 0.29) is 12.4 Å². The van der Waals surface area contributed by atoms with Gasteiger partial charge in [0, 0.05) is 11.6 Å². The lowest BCUT2D eigenvalue weighted by Crippen LogP contribution is -2.17. The Kier molecular flexibility index (Phi) is 11.0. The maximum Gasteiger partial charge on any atom is 0.180 e. The van der Waals surface area contributed by atoms with Gasteiger partial charge in [-0.15, -0.1) is 12.4 Å². The highest BCUT2D eigenvalue weighted by atomic mass is 35.5. The zero-order valence-corrected chi connectivity index (χ0v) is 20.5. The highest BCUT2D eigenvalue weighted by Crippen LogP contribution is 2.37. The van der Waals surface area contributed by atoms with Crippen LogP contribution in [0.5, 0.6) is 17.2 Å². The van der Waals surface area contributed by atoms with Gasteiger partial charge in [0.25, 0.3) is 0 Å². The lowest BCUT2D eigenvalue weighted by atomic mass is 10.1. The molecule has 0 aliphatic carbocycles. The van der Waals surface area contributed by atoms with Crippen molar-refractivity contribution in [2.24, 2.45) is 0 Å². The van der Waals surface area contributed by atoms with Crippen LogP contribution in [0.3, 0.4) is 0 Å². The second kappa shape index (κ2) is 13.4. The number of ether oxygens (including phenoxy) is 3. The molecule has 0 amide bonds. The topological polar surface area (TPSA) is 39.7 Å². The fraction of sp³-hybridized carbons (Fsp3) is 0.280. The van der Waals surface area contributed by atoms with Gasteiger partial charge in [-0.05, 0) is 73.0 Å². The van der Waals surface area contributed by atoms with E-state index >= 15 is 0 Å². The van der Waals surface area contributed by atoms with Crippen LogP contribution >= 0.6 is 35.6 Å². The first-order valence-corrected chi connectivity index (χ1v) is 11.0. The Balaban J connectivity index is 0.00000363. The Bertz CT molecular complexity index is 963. The summed E-state index contributed by atoms with van der Waals surface area (Å²) in [4.78, 5) is 0. The fourth-order valence-corrected chi connectivity index (χ4v) is 3.53. The molecule has 0 fully saturated rings. The summed E-state index contributed by atoms with van der Waals surface area (Å²) in [6.07, 6.45) is 0.929. The van der Waals surface area contributed by atoms with Crippen molar-refractivity contribution in [2.45, 2.75) is 26.5 Å². The second-order valence-corrected chi connectivity index (χ2v) is 7.87. The van der Waals surface area contributed by atoms with Crippen molar-refractivity contribution in [3.05, 3.63) is 87.4 Å². The molecule has 0 saturated carbocycles. The summed E-state index contributed by atoms with van der Waals surface area (Å²) in [6.45, 7) is 4.39. The van der Waals surface area contributed by atoms with Crippen molar-refractivity contribution in [3.63, 3.8) is 0 Å². The van der Waals surface area contributed by atoms with Crippen LogP contribution in [0.25, 0.3) is 0 Å². The van der Waals surface area contributed by atoms with Crippen LogP contribution < -0.4 is 19.5 Å². The van der Waals surface area contributed by atoms with Gasteiger partial charge in [-0.25, -0.2) is 0 Å². The van der Waals surface area contributed by atoms with Gasteiger partial charge in [0.05, 0.1) is 18.7 Å². The molecule has 3 aromatic rings. The van der Waals surface area contributed by atoms with Crippen LogP contribution in [0, 0.1) is 0 Å². The van der Waals surface area contributed by atoms with Crippen molar-refractivity contribution in [1.29, 1.82) is 0 Å². The van der Waals surface area contributed by atoms with E-state index in [0.717, 1.165) is 29.8 Å². The van der Waals surface area contributed by atoms with Crippen LogP contribution in [0.4, 0.5) is 0 Å². The Labute approximate surface area is 206 Å². The normalized spacial score (nSPS) is 10.4. The van der Waals surface area contributed by atoms with Crippen molar-refractivity contribution in [2.75, 3.05) is 20.3 Å². The Morgan fingerprint density at radius 2 is 1.53 bits per heavy atom. The average molecular weight is 497 g/mol. The predicted molar refractivity (Wildman–Crippen MR) is 134 cm³/mol. The zero-order chi connectivity index (χ0) is 22.1. The number of nitrogens with one attached hydrogen (secondary N) is 1. The minimum absolute atomic E-state index is 0. The third-order valence-corrected chi connectivity index (χ3v) is 5.28. The molecule has 3 rings (SSSR count). The van der Waals surface area contributed by atoms with Crippen LogP contribution in [0.1, 0.15) is 23.6 Å². The Morgan fingerprint density at radius 1 is 0.844 bits per heavy atom. The molecule has 0 heterocycles. The van der Waals surface area contributed by atoms with E-state index in [1.807, 2.05) is 55.5 Å². The zero-order valence-electron chi connectivity index (χ0n) is 18.2. The van der Waals surface area contributed by atoms with Gasteiger partial charge in [-0.2, -0.15) is 0 Å². The number of benzene rings is 3. The quantitative estimate of drug-likeness (QED) is 0.299. The molecular formula is C25H28Cl3NO3. The maximum absolute atomic E-state index is 6.53. The van der Waals surface area contributed by atoms with Gasteiger partial charge in [0.15, 0.2) is 11.5 Å². The molecule has 32 heavy (non-hydrogen) atoms. The third kappa shape index (κ3) is 7.79. The van der Waals surface area contributed by atoms with Gasteiger partial charge in [-0.3, -0.25) is 0 Å². The minimum Gasteiger partial charge on any atom is -0.497 e. The number of methoxy groups -OCH3 is 1. The van der Waals surface area contributed by atoms with Crippen molar-refractivity contribution < 1.29 is 14.2 Å². The van der Waals surface area contributed by atoms with Gasteiger partial charge < -0.3 is 19.5 Å². The van der Waals surface area contributed by atoms with Gasteiger partial charge in [0.1, 0.15) is 12.4 Å². The number of hydrogen-bond acceptors (Lipinski definition) is 4. The van der Waals surface area contributed by atoms with E-state index in [1.54, 1.807) is 7.11 Å². The second-order valence-electron chi connectivity index (χ2n) is 7.03. The van der Waals surface area contributed by atoms with Gasteiger partial charge in [-0.1, -0.05) is 47.5 Å². The smallest absolute Gasteiger partial charge is 0.180 e. The van der Waals surface area contributed by atoms with E-state index < -0.39 is 0 Å². The largest absolute Gasteiger partial charge is 0.497 e. The summed E-state index contributed by atoms with van der Waals surface area (Å²) in [5.74, 6) is 2.07. The standard InChI is InChI=1S/C25H27Cl2NO3.ClH/c1-3-30-24-15-20(16-28-13-12-18-6-10-22(29-2)11-7-18)14-23(27)25(24)31-17-19-4-8-21(26)9-5-19;/h4-11,14-15,28H,3,12-13,16-17H2,1-2H3;1H. The first kappa shape index (κ1) is 26.1. The van der Waals surface area contributed by atoms with E-state index in [4.69, 9.17) is 37.4 Å². The molecule has 1 N–H and O–H groups in total. The van der Waals surface area contributed by atoms with E-state index in [0.29, 0.717) is 41.3 Å². The van der Waals surface area contributed by atoms with Crippen molar-refractivity contribution in [3.8, 4) is 17.2 Å². The highest BCUT2D eigenvalue weighted by Gasteiger charge is 2.13. The van der Waals surface area contributed by atoms with Crippen LogP contribution in [0.2, 0.25) is 10.0 Å². The lowest BCUT2D eigenvalue weighted by molar-refractivity contribution is 0.269. The van der Waals surface area contributed by atoms with E-state index in [1.165, 1.54) is 5.56 Å². The van der Waals surface area contributed by atoms with Crippen LogP contribution in [0.15, 0.2) is 60.7 Å². The molecule has 7 heteroatoms. The molecule has 0 aliphatic rings. The molecule has 0 spiro atoms. The summed E-state index contributed by atoms with van der Waals surface area (Å²) in [7, 11) is 1.67. The van der Waals surface area contributed by atoms with E-state index in [9.17, 15) is 0 Å². The molecule has 0 atom stereocenters. The molecule has 4 nitrogen and oxygen atoms in total.